The molecule has 37 heavy (non-hydrogen) atoms. The van der Waals surface area contributed by atoms with Gasteiger partial charge < -0.3 is 19.7 Å². The van der Waals surface area contributed by atoms with Crippen LogP contribution in [0, 0.1) is 0 Å². The molecule has 0 rings (SSSR count). The molecule has 8 nitrogen and oxygen atoms in total. The molecule has 0 saturated carbocycles. The zero-order valence-electron chi connectivity index (χ0n) is 22.9. The molecule has 0 heterocycles. The molecule has 11 heteroatoms. The Hall–Kier alpha value is -0.510. The van der Waals surface area contributed by atoms with Gasteiger partial charge in [-0.3, -0.25) is 19.2 Å². The molecule has 1 N–H and O–H groups in total. The number of carbonyl (C=O) groups excluding carboxylic acids is 4. The number of rotatable bonds is 27. The number of hydrogen-bond acceptors (Lipinski definition) is 6. The molecule has 216 valence electrons. The van der Waals surface area contributed by atoms with Crippen LogP contribution in [0.15, 0.2) is 0 Å². The molecule has 0 aromatic carbocycles. The summed E-state index contributed by atoms with van der Waals surface area (Å²) in [4.78, 5) is 48.9. The maximum Gasteiger partial charge on any atom is 0.222 e. The molecule has 0 aliphatic carbocycles. The summed E-state index contributed by atoms with van der Waals surface area (Å²) in [7, 11) is 4.74. The van der Waals surface area contributed by atoms with E-state index in [1.54, 1.807) is 4.90 Å². The maximum absolute atomic E-state index is 12.7. The zero-order chi connectivity index (χ0) is 27.6. The summed E-state index contributed by atoms with van der Waals surface area (Å²) < 4.78 is 11.0. The molecule has 0 aromatic heterocycles. The third kappa shape index (κ3) is 25.5. The number of hydrogen-bond donors (Lipinski definition) is 1. The SMILES string of the molecule is CCCCCCCCCCCC(=O)NCCCC(=O)N(CCOCCC(=O)P)CCOCCC(=O)PP. The van der Waals surface area contributed by atoms with Crippen molar-refractivity contribution in [2.24, 2.45) is 0 Å². The van der Waals surface area contributed by atoms with Gasteiger partial charge in [0.25, 0.3) is 0 Å². The fourth-order valence-electron chi connectivity index (χ4n) is 3.63. The van der Waals surface area contributed by atoms with E-state index in [2.05, 4.69) is 30.4 Å². The first-order valence-electron chi connectivity index (χ1n) is 13.9. The van der Waals surface area contributed by atoms with E-state index in [1.165, 1.54) is 44.9 Å². The number of nitrogens with one attached hydrogen (secondary N) is 1. The molecule has 0 saturated heterocycles. The van der Waals surface area contributed by atoms with E-state index in [0.717, 1.165) is 12.8 Å². The molecule has 0 aliphatic rings. The Morgan fingerprint density at radius 3 is 1.86 bits per heavy atom. The highest BCUT2D eigenvalue weighted by Crippen LogP contribution is 2.22. The standard InChI is InChI=1S/C26H51N2O6P3/c1-2-3-4-5-6-7-8-9-10-12-23(29)27-16-11-13-24(30)28(17-21-33-19-14-25(31)35)18-22-34-20-15-26(32)37-36/h37H,2-22,35-36H2,1H3,(H,27,29). The lowest BCUT2D eigenvalue weighted by molar-refractivity contribution is -0.133. The van der Waals surface area contributed by atoms with E-state index in [1.807, 2.05) is 0 Å². The summed E-state index contributed by atoms with van der Waals surface area (Å²) in [5.74, 6) is 0.0309. The second kappa shape index (κ2) is 27.1. The van der Waals surface area contributed by atoms with Gasteiger partial charge in [-0.15, -0.1) is 8.93 Å². The van der Waals surface area contributed by atoms with E-state index in [-0.39, 0.29) is 31.1 Å². The van der Waals surface area contributed by atoms with Gasteiger partial charge in [-0.2, -0.15) is 0 Å². The van der Waals surface area contributed by atoms with Crippen molar-refractivity contribution >= 4 is 49.3 Å². The summed E-state index contributed by atoms with van der Waals surface area (Å²) in [5, 5.41) is 2.92. The van der Waals surface area contributed by atoms with Crippen molar-refractivity contribution in [2.75, 3.05) is 46.1 Å². The van der Waals surface area contributed by atoms with E-state index in [0.29, 0.717) is 78.2 Å². The Labute approximate surface area is 231 Å². The Morgan fingerprint density at radius 2 is 1.30 bits per heavy atom. The normalized spacial score (nSPS) is 11.2. The summed E-state index contributed by atoms with van der Waals surface area (Å²) in [5.41, 5.74) is 0.136. The Kier molecular flexibility index (Phi) is 26.7. The quantitative estimate of drug-likeness (QED) is 0.110. The number of unbranched alkanes of at least 4 members (excludes halogenated alkanes) is 8. The van der Waals surface area contributed by atoms with Crippen molar-refractivity contribution in [1.29, 1.82) is 0 Å². The van der Waals surface area contributed by atoms with Crippen molar-refractivity contribution in [3.05, 3.63) is 0 Å². The van der Waals surface area contributed by atoms with Gasteiger partial charge in [0.2, 0.25) is 11.8 Å². The number of ether oxygens (including phenoxy) is 2. The largest absolute Gasteiger partial charge is 0.379 e. The molecule has 0 aromatic rings. The molecule has 0 fully saturated rings. The predicted octanol–water partition coefficient (Wildman–Crippen LogP) is 4.84. The van der Waals surface area contributed by atoms with Gasteiger partial charge in [0.15, 0.2) is 11.0 Å². The summed E-state index contributed by atoms with van der Waals surface area (Å²) in [6, 6.07) is 0. The third-order valence-corrected chi connectivity index (χ3v) is 7.71. The number of amides is 2. The molecule has 3 atom stereocenters. The average molecular weight is 581 g/mol. The molecule has 0 aliphatic heterocycles. The second-order valence-corrected chi connectivity index (χ2v) is 11.5. The van der Waals surface area contributed by atoms with Gasteiger partial charge in [0.05, 0.1) is 26.4 Å². The van der Waals surface area contributed by atoms with E-state index >= 15 is 0 Å². The zero-order valence-corrected chi connectivity index (χ0v) is 26.2. The molecular formula is C26H51N2O6P3. The van der Waals surface area contributed by atoms with Crippen LogP contribution in [0.3, 0.4) is 0 Å². The van der Waals surface area contributed by atoms with Crippen LogP contribution < -0.4 is 5.32 Å². The van der Waals surface area contributed by atoms with Gasteiger partial charge in [0, 0.05) is 45.3 Å². The van der Waals surface area contributed by atoms with Gasteiger partial charge in [-0.25, -0.2) is 0 Å². The molecule has 3 unspecified atom stereocenters. The minimum atomic E-state index is -0.0231. The van der Waals surface area contributed by atoms with Crippen molar-refractivity contribution in [3.63, 3.8) is 0 Å². The fraction of sp³-hybridized carbons (Fsp3) is 0.846. The van der Waals surface area contributed by atoms with Crippen LogP contribution in [0.2, 0.25) is 0 Å². The second-order valence-electron chi connectivity index (χ2n) is 9.17. The van der Waals surface area contributed by atoms with Crippen LogP contribution in [-0.2, 0) is 28.7 Å². The molecule has 2 amide bonds. The van der Waals surface area contributed by atoms with Crippen LogP contribution >= 0.6 is 26.4 Å². The Morgan fingerprint density at radius 1 is 0.730 bits per heavy atom. The smallest absolute Gasteiger partial charge is 0.222 e. The van der Waals surface area contributed by atoms with Gasteiger partial charge >= 0.3 is 0 Å². The highest BCUT2D eigenvalue weighted by atomic mass is 32.0. The van der Waals surface area contributed by atoms with Gasteiger partial charge in [-0.05, 0) is 21.1 Å². The molecule has 0 spiro atoms. The molecule has 0 radical (unpaired) electrons. The van der Waals surface area contributed by atoms with E-state index in [4.69, 9.17) is 9.47 Å². The van der Waals surface area contributed by atoms with Crippen molar-refractivity contribution in [2.45, 2.75) is 96.8 Å². The van der Waals surface area contributed by atoms with Crippen LogP contribution in [0.25, 0.3) is 0 Å². The monoisotopic (exact) mass is 580 g/mol. The van der Waals surface area contributed by atoms with E-state index < -0.39 is 0 Å². The summed E-state index contributed by atoms with van der Waals surface area (Å²) in [6.45, 7) is 4.88. The van der Waals surface area contributed by atoms with Gasteiger partial charge in [-0.1, -0.05) is 67.5 Å². The van der Waals surface area contributed by atoms with E-state index in [9.17, 15) is 19.2 Å². The molecular weight excluding hydrogens is 529 g/mol. The lowest BCUT2D eigenvalue weighted by atomic mass is 10.1. The van der Waals surface area contributed by atoms with Crippen molar-refractivity contribution < 1.29 is 28.7 Å². The van der Waals surface area contributed by atoms with Crippen LogP contribution in [0.4, 0.5) is 0 Å². The maximum atomic E-state index is 12.7. The third-order valence-electron chi connectivity index (χ3n) is 5.89. The summed E-state index contributed by atoms with van der Waals surface area (Å²) >= 11 is 0. The summed E-state index contributed by atoms with van der Waals surface area (Å²) in [6.07, 6.45) is 13.2. The highest BCUT2D eigenvalue weighted by Gasteiger charge is 2.14. The Balaban J connectivity index is 4.08. The number of nitrogens with zero attached hydrogens (tertiary/aromatic N) is 1. The van der Waals surface area contributed by atoms with Crippen LogP contribution in [0.1, 0.15) is 96.8 Å². The topological polar surface area (TPSA) is 102 Å². The minimum absolute atomic E-state index is 0.0122. The van der Waals surface area contributed by atoms with Gasteiger partial charge in [0.1, 0.15) is 0 Å². The van der Waals surface area contributed by atoms with Crippen molar-refractivity contribution in [3.8, 4) is 0 Å². The van der Waals surface area contributed by atoms with Crippen LogP contribution in [0.5, 0.6) is 0 Å². The predicted molar refractivity (Wildman–Crippen MR) is 159 cm³/mol. The lowest BCUT2D eigenvalue weighted by Crippen LogP contribution is -2.37. The molecule has 0 bridgehead atoms. The fourth-order valence-corrected chi connectivity index (χ4v) is 4.43. The lowest BCUT2D eigenvalue weighted by Gasteiger charge is -2.23. The number of carbonyl (C=O) groups is 4. The highest BCUT2D eigenvalue weighted by molar-refractivity contribution is 8.11. The van der Waals surface area contributed by atoms with Crippen LogP contribution in [-0.4, -0.2) is 73.8 Å². The Bertz CT molecular complexity index is 625. The first-order chi connectivity index (χ1) is 17.9. The first kappa shape index (κ1) is 36.5. The minimum Gasteiger partial charge on any atom is -0.379 e. The first-order valence-corrected chi connectivity index (χ1v) is 17.3. The average Bonchev–Trinajstić information content (AvgIpc) is 2.88. The van der Waals surface area contributed by atoms with Crippen molar-refractivity contribution in [1.82, 2.24) is 10.2 Å².